The number of aryl methyl sites for hydroxylation is 1. The number of hydrogen-bond donors (Lipinski definition) is 1. The molecule has 1 fully saturated rings. The zero-order valence-corrected chi connectivity index (χ0v) is 14.7. The van der Waals surface area contributed by atoms with Crippen molar-refractivity contribution in [2.75, 3.05) is 7.11 Å². The summed E-state index contributed by atoms with van der Waals surface area (Å²) in [6, 6.07) is 7.09. The van der Waals surface area contributed by atoms with Crippen molar-refractivity contribution in [1.82, 2.24) is 0 Å². The Kier molecular flexibility index (Phi) is 4.91. The third-order valence-electron chi connectivity index (χ3n) is 4.21. The highest BCUT2D eigenvalue weighted by atomic mass is 19.4. The van der Waals surface area contributed by atoms with Crippen LogP contribution in [0.25, 0.3) is 0 Å². The maximum absolute atomic E-state index is 12.4. The predicted octanol–water partition coefficient (Wildman–Crippen LogP) is 4.67. The van der Waals surface area contributed by atoms with E-state index in [4.69, 9.17) is 15.2 Å². The van der Waals surface area contributed by atoms with Gasteiger partial charge in [-0.2, -0.15) is 0 Å². The molecule has 0 heterocycles. The number of amides is 1. The van der Waals surface area contributed by atoms with Crippen LogP contribution in [0.2, 0.25) is 0 Å². The Morgan fingerprint density at radius 2 is 1.81 bits per heavy atom. The van der Waals surface area contributed by atoms with Crippen LogP contribution in [0.1, 0.15) is 40.2 Å². The second-order valence-corrected chi connectivity index (χ2v) is 6.31. The lowest BCUT2D eigenvalue weighted by Crippen LogP contribution is -2.17. The van der Waals surface area contributed by atoms with E-state index in [2.05, 4.69) is 4.74 Å². The number of rotatable bonds is 6. The molecule has 27 heavy (non-hydrogen) atoms. The van der Waals surface area contributed by atoms with E-state index in [9.17, 15) is 18.0 Å². The summed E-state index contributed by atoms with van der Waals surface area (Å²) in [7, 11) is 1.29. The van der Waals surface area contributed by atoms with Crippen molar-refractivity contribution in [3.63, 3.8) is 0 Å². The largest absolute Gasteiger partial charge is 0.573 e. The van der Waals surface area contributed by atoms with E-state index in [0.717, 1.165) is 30.5 Å². The SMILES string of the molecule is COc1cc(OC(F)(F)F)ccc1Oc1cc(C2CC2)cc(C)c1C(N)=O. The lowest BCUT2D eigenvalue weighted by Gasteiger charge is -2.17. The molecule has 0 radical (unpaired) electrons. The zero-order chi connectivity index (χ0) is 19.8. The summed E-state index contributed by atoms with van der Waals surface area (Å²) >= 11 is 0. The molecule has 0 unspecified atom stereocenters. The minimum atomic E-state index is -4.82. The second-order valence-electron chi connectivity index (χ2n) is 6.31. The number of alkyl halides is 3. The maximum Gasteiger partial charge on any atom is 0.573 e. The number of methoxy groups -OCH3 is 1. The van der Waals surface area contributed by atoms with Gasteiger partial charge in [0.05, 0.1) is 12.7 Å². The molecule has 8 heteroatoms. The minimum Gasteiger partial charge on any atom is -0.493 e. The van der Waals surface area contributed by atoms with Gasteiger partial charge in [-0.05, 0) is 55.0 Å². The van der Waals surface area contributed by atoms with Gasteiger partial charge in [0.25, 0.3) is 5.91 Å². The van der Waals surface area contributed by atoms with Gasteiger partial charge in [-0.15, -0.1) is 13.2 Å². The van der Waals surface area contributed by atoms with Crippen LogP contribution < -0.4 is 19.9 Å². The van der Waals surface area contributed by atoms with E-state index >= 15 is 0 Å². The quantitative estimate of drug-likeness (QED) is 0.789. The molecule has 5 nitrogen and oxygen atoms in total. The van der Waals surface area contributed by atoms with Gasteiger partial charge in [0, 0.05) is 6.07 Å². The smallest absolute Gasteiger partial charge is 0.493 e. The summed E-state index contributed by atoms with van der Waals surface area (Å²) in [5.41, 5.74) is 7.41. The highest BCUT2D eigenvalue weighted by Gasteiger charge is 2.31. The van der Waals surface area contributed by atoms with Crippen LogP contribution in [-0.4, -0.2) is 19.4 Å². The van der Waals surface area contributed by atoms with Gasteiger partial charge in [0.15, 0.2) is 11.5 Å². The average molecular weight is 381 g/mol. The van der Waals surface area contributed by atoms with Gasteiger partial charge >= 0.3 is 6.36 Å². The highest BCUT2D eigenvalue weighted by molar-refractivity contribution is 5.97. The fraction of sp³-hybridized carbons (Fsp3) is 0.316. The highest BCUT2D eigenvalue weighted by Crippen LogP contribution is 2.44. The molecule has 0 saturated heterocycles. The monoisotopic (exact) mass is 381 g/mol. The number of carbonyl (C=O) groups is 1. The van der Waals surface area contributed by atoms with Gasteiger partial charge in [0.1, 0.15) is 11.5 Å². The second kappa shape index (κ2) is 7.02. The summed E-state index contributed by atoms with van der Waals surface area (Å²) in [6.45, 7) is 1.76. The van der Waals surface area contributed by atoms with Crippen molar-refractivity contribution >= 4 is 5.91 Å². The molecule has 2 aromatic carbocycles. The Hall–Kier alpha value is -2.90. The topological polar surface area (TPSA) is 70.8 Å². The molecule has 144 valence electrons. The third kappa shape index (κ3) is 4.45. The Bertz CT molecular complexity index is 876. The van der Waals surface area contributed by atoms with Crippen molar-refractivity contribution in [1.29, 1.82) is 0 Å². The first-order valence-corrected chi connectivity index (χ1v) is 8.24. The number of ether oxygens (including phenoxy) is 3. The van der Waals surface area contributed by atoms with Gasteiger partial charge < -0.3 is 19.9 Å². The molecule has 1 amide bonds. The molecule has 1 aliphatic rings. The normalized spacial score (nSPS) is 14.0. The lowest BCUT2D eigenvalue weighted by atomic mass is 10.0. The van der Waals surface area contributed by atoms with Crippen LogP contribution in [0.5, 0.6) is 23.0 Å². The van der Waals surface area contributed by atoms with Crippen LogP contribution >= 0.6 is 0 Å². The third-order valence-corrected chi connectivity index (χ3v) is 4.21. The Labute approximate surface area is 153 Å². The molecule has 2 N–H and O–H groups in total. The maximum atomic E-state index is 12.4. The lowest BCUT2D eigenvalue weighted by molar-refractivity contribution is -0.274. The number of hydrogen-bond acceptors (Lipinski definition) is 4. The Balaban J connectivity index is 1.97. The fourth-order valence-electron chi connectivity index (χ4n) is 2.88. The van der Waals surface area contributed by atoms with Gasteiger partial charge in [-0.3, -0.25) is 4.79 Å². The average Bonchev–Trinajstić information content (AvgIpc) is 3.39. The summed E-state index contributed by atoms with van der Waals surface area (Å²) in [4.78, 5) is 11.9. The Morgan fingerprint density at radius 1 is 1.11 bits per heavy atom. The molecular formula is C19H18F3NO4. The van der Waals surface area contributed by atoms with Crippen LogP contribution in [-0.2, 0) is 0 Å². The van der Waals surface area contributed by atoms with E-state index in [1.54, 1.807) is 13.0 Å². The molecule has 1 saturated carbocycles. The van der Waals surface area contributed by atoms with Gasteiger partial charge in [-0.1, -0.05) is 6.07 Å². The van der Waals surface area contributed by atoms with Crippen molar-refractivity contribution in [3.05, 3.63) is 47.0 Å². The number of benzene rings is 2. The summed E-state index contributed by atoms with van der Waals surface area (Å²) < 4.78 is 52.0. The minimum absolute atomic E-state index is 0.0293. The van der Waals surface area contributed by atoms with Crippen LogP contribution in [0.4, 0.5) is 13.2 Å². The number of halogens is 3. The van der Waals surface area contributed by atoms with E-state index < -0.39 is 18.0 Å². The van der Waals surface area contributed by atoms with Crippen molar-refractivity contribution < 1.29 is 32.2 Å². The first kappa shape index (κ1) is 18.9. The van der Waals surface area contributed by atoms with Crippen molar-refractivity contribution in [2.24, 2.45) is 5.73 Å². The Morgan fingerprint density at radius 3 is 2.37 bits per heavy atom. The summed E-state index contributed by atoms with van der Waals surface area (Å²) in [6.07, 6.45) is -2.70. The molecule has 0 spiro atoms. The standard InChI is InChI=1S/C19H18F3NO4/c1-10-7-12(11-3-4-11)8-16(17(10)18(23)24)26-14-6-5-13(9-15(14)25-2)27-19(20,21)22/h5-9,11H,3-4H2,1-2H3,(H2,23,24). The van der Waals surface area contributed by atoms with Crippen LogP contribution in [0.15, 0.2) is 30.3 Å². The van der Waals surface area contributed by atoms with E-state index in [-0.39, 0.29) is 22.8 Å². The first-order valence-electron chi connectivity index (χ1n) is 8.24. The fourth-order valence-corrected chi connectivity index (χ4v) is 2.88. The number of nitrogens with two attached hydrogens (primary N) is 1. The zero-order valence-electron chi connectivity index (χ0n) is 14.7. The number of primary amides is 1. The predicted molar refractivity (Wildman–Crippen MR) is 91.4 cm³/mol. The summed E-state index contributed by atoms with van der Waals surface area (Å²) in [5.74, 6) is -0.265. The first-order chi connectivity index (χ1) is 12.7. The molecule has 2 aromatic rings. The molecule has 1 aliphatic carbocycles. The summed E-state index contributed by atoms with van der Waals surface area (Å²) in [5, 5.41) is 0. The molecule has 0 aliphatic heterocycles. The van der Waals surface area contributed by atoms with Crippen molar-refractivity contribution in [2.45, 2.75) is 32.0 Å². The van der Waals surface area contributed by atoms with Crippen molar-refractivity contribution in [3.8, 4) is 23.0 Å². The number of carbonyl (C=O) groups excluding carboxylic acids is 1. The van der Waals surface area contributed by atoms with Crippen LogP contribution in [0.3, 0.4) is 0 Å². The molecule has 0 bridgehead atoms. The molecule has 0 atom stereocenters. The molecular weight excluding hydrogens is 363 g/mol. The van der Waals surface area contributed by atoms with Gasteiger partial charge in [-0.25, -0.2) is 0 Å². The van der Waals surface area contributed by atoms with E-state index in [1.807, 2.05) is 6.07 Å². The molecule has 0 aromatic heterocycles. The van der Waals surface area contributed by atoms with E-state index in [0.29, 0.717) is 11.5 Å². The van der Waals surface area contributed by atoms with Gasteiger partial charge in [0.2, 0.25) is 0 Å². The van der Waals surface area contributed by atoms with E-state index in [1.165, 1.54) is 13.2 Å². The van der Waals surface area contributed by atoms with Crippen LogP contribution in [0, 0.1) is 6.92 Å². The molecule has 3 rings (SSSR count).